The van der Waals surface area contributed by atoms with Crippen molar-refractivity contribution in [2.75, 3.05) is 11.9 Å². The molecule has 0 bridgehead atoms. The summed E-state index contributed by atoms with van der Waals surface area (Å²) < 4.78 is 5.75. The monoisotopic (exact) mass is 216 g/mol. The van der Waals surface area contributed by atoms with Crippen LogP contribution >= 0.6 is 0 Å². The lowest BCUT2D eigenvalue weighted by Crippen LogP contribution is -2.45. The predicted octanol–water partition coefficient (Wildman–Crippen LogP) is 2.41. The zero-order valence-electron chi connectivity index (χ0n) is 10.1. The summed E-state index contributed by atoms with van der Waals surface area (Å²) in [5, 5.41) is 9.05. The zero-order valence-corrected chi connectivity index (χ0v) is 10.1. The largest absolute Gasteiger partial charge is 0.471 e. The Morgan fingerprint density at radius 2 is 2.06 bits per heavy atom. The Kier molecular flexibility index (Phi) is 2.51. The average molecular weight is 216 g/mol. The minimum atomic E-state index is -0.390. The van der Waals surface area contributed by atoms with Crippen LogP contribution in [-0.2, 0) is 0 Å². The number of aryl methyl sites for hydroxylation is 2. The topological polar surface area (TPSA) is 36.3 Å². The Labute approximate surface area is 96.2 Å². The van der Waals surface area contributed by atoms with Crippen LogP contribution in [0.5, 0.6) is 5.75 Å². The lowest BCUT2D eigenvalue weighted by atomic mass is 10.0. The summed E-state index contributed by atoms with van der Waals surface area (Å²) in [7, 11) is 2.01. The molecule has 1 heterocycles. The van der Waals surface area contributed by atoms with Crippen LogP contribution in [0.2, 0.25) is 0 Å². The van der Waals surface area contributed by atoms with Gasteiger partial charge in [-0.1, -0.05) is 6.07 Å². The van der Waals surface area contributed by atoms with Crippen molar-refractivity contribution in [3.63, 3.8) is 0 Å². The van der Waals surface area contributed by atoms with Crippen molar-refractivity contribution in [2.45, 2.75) is 32.9 Å². The maximum Gasteiger partial charge on any atom is 0.204 e. The van der Waals surface area contributed by atoms with Gasteiger partial charge in [0.05, 0.1) is 11.7 Å². The Hall–Kier alpha value is -1.69. The van der Waals surface area contributed by atoms with Crippen molar-refractivity contribution >= 4 is 5.69 Å². The molecule has 0 saturated heterocycles. The van der Waals surface area contributed by atoms with E-state index in [1.165, 1.54) is 5.56 Å². The first-order valence-electron chi connectivity index (χ1n) is 5.45. The molecule has 0 amide bonds. The van der Waals surface area contributed by atoms with E-state index >= 15 is 0 Å². The van der Waals surface area contributed by atoms with Crippen LogP contribution in [0.15, 0.2) is 12.1 Å². The molecule has 2 atom stereocenters. The fraction of sp³-hybridized carbons (Fsp3) is 0.462. The average Bonchev–Trinajstić information content (AvgIpc) is 2.24. The Bertz CT molecular complexity index is 462. The van der Waals surface area contributed by atoms with E-state index in [0.29, 0.717) is 0 Å². The SMILES string of the molecule is Cc1cc(C)c2c(c1)N(C)C(C)C(C#N)O2. The van der Waals surface area contributed by atoms with Crippen LogP contribution in [0.1, 0.15) is 18.1 Å². The molecular formula is C13H16N2O. The minimum Gasteiger partial charge on any atom is -0.471 e. The van der Waals surface area contributed by atoms with Crippen LogP contribution in [0.3, 0.4) is 0 Å². The molecule has 0 spiro atoms. The van der Waals surface area contributed by atoms with Gasteiger partial charge >= 0.3 is 0 Å². The number of anilines is 1. The van der Waals surface area contributed by atoms with Gasteiger partial charge in [-0.3, -0.25) is 0 Å². The highest BCUT2D eigenvalue weighted by atomic mass is 16.5. The van der Waals surface area contributed by atoms with Gasteiger partial charge in [0.1, 0.15) is 11.8 Å². The molecule has 3 nitrogen and oxygen atoms in total. The third-order valence-corrected chi connectivity index (χ3v) is 3.20. The van der Waals surface area contributed by atoms with E-state index < -0.39 is 0 Å². The van der Waals surface area contributed by atoms with Crippen LogP contribution < -0.4 is 9.64 Å². The Morgan fingerprint density at radius 1 is 1.38 bits per heavy atom. The number of likely N-dealkylation sites (N-methyl/N-ethyl adjacent to an activating group) is 1. The number of ether oxygens (including phenoxy) is 1. The van der Waals surface area contributed by atoms with Gasteiger partial charge in [-0.15, -0.1) is 0 Å². The smallest absolute Gasteiger partial charge is 0.204 e. The third-order valence-electron chi connectivity index (χ3n) is 3.20. The summed E-state index contributed by atoms with van der Waals surface area (Å²) in [5.74, 6) is 0.845. The second-order valence-electron chi connectivity index (χ2n) is 4.45. The van der Waals surface area contributed by atoms with Gasteiger partial charge in [-0.05, 0) is 38.0 Å². The van der Waals surface area contributed by atoms with E-state index in [4.69, 9.17) is 10.00 Å². The lowest BCUT2D eigenvalue weighted by molar-refractivity contribution is 0.210. The van der Waals surface area contributed by atoms with Crippen LogP contribution in [0, 0.1) is 25.2 Å². The Morgan fingerprint density at radius 3 is 2.69 bits per heavy atom. The van der Waals surface area contributed by atoms with Crippen molar-refractivity contribution in [1.82, 2.24) is 0 Å². The van der Waals surface area contributed by atoms with Gasteiger partial charge in [0, 0.05) is 7.05 Å². The van der Waals surface area contributed by atoms with Crippen molar-refractivity contribution in [1.29, 1.82) is 5.26 Å². The highest BCUT2D eigenvalue weighted by Crippen LogP contribution is 2.38. The molecule has 0 aliphatic carbocycles. The fourth-order valence-corrected chi connectivity index (χ4v) is 2.13. The molecular weight excluding hydrogens is 200 g/mol. The molecule has 0 saturated carbocycles. The predicted molar refractivity (Wildman–Crippen MR) is 63.8 cm³/mol. The summed E-state index contributed by atoms with van der Waals surface area (Å²) in [6, 6.07) is 6.47. The molecule has 84 valence electrons. The van der Waals surface area contributed by atoms with E-state index in [0.717, 1.165) is 17.0 Å². The van der Waals surface area contributed by atoms with Crippen molar-refractivity contribution in [2.24, 2.45) is 0 Å². The van der Waals surface area contributed by atoms with Crippen molar-refractivity contribution < 1.29 is 4.74 Å². The van der Waals surface area contributed by atoms with Gasteiger partial charge in [0.15, 0.2) is 0 Å². The highest BCUT2D eigenvalue weighted by Gasteiger charge is 2.31. The van der Waals surface area contributed by atoms with Crippen LogP contribution in [0.4, 0.5) is 5.69 Å². The lowest BCUT2D eigenvalue weighted by Gasteiger charge is -2.37. The summed E-state index contributed by atoms with van der Waals surface area (Å²) >= 11 is 0. The summed E-state index contributed by atoms with van der Waals surface area (Å²) in [4.78, 5) is 2.12. The maximum atomic E-state index is 9.05. The van der Waals surface area contributed by atoms with Gasteiger partial charge in [0.2, 0.25) is 6.10 Å². The molecule has 2 unspecified atom stereocenters. The quantitative estimate of drug-likeness (QED) is 0.668. The summed E-state index contributed by atoms with van der Waals surface area (Å²) in [6.45, 7) is 6.10. The van der Waals surface area contributed by atoms with Gasteiger partial charge in [-0.25, -0.2) is 0 Å². The number of hydrogen-bond donors (Lipinski definition) is 0. The van der Waals surface area contributed by atoms with E-state index in [1.807, 2.05) is 20.9 Å². The fourth-order valence-electron chi connectivity index (χ4n) is 2.13. The molecule has 1 aliphatic rings. The zero-order chi connectivity index (χ0) is 11.9. The second-order valence-corrected chi connectivity index (χ2v) is 4.45. The first-order valence-corrected chi connectivity index (χ1v) is 5.45. The number of rotatable bonds is 0. The third kappa shape index (κ3) is 1.51. The number of fused-ring (bicyclic) bond motifs is 1. The van der Waals surface area contributed by atoms with E-state index in [-0.39, 0.29) is 12.1 Å². The standard InChI is InChI=1S/C13H16N2O/c1-8-5-9(2)13-11(6-8)15(4)10(3)12(7-14)16-13/h5-6,10,12H,1-4H3. The number of nitriles is 1. The highest BCUT2D eigenvalue weighted by molar-refractivity contribution is 5.65. The molecule has 0 fully saturated rings. The van der Waals surface area contributed by atoms with Crippen molar-refractivity contribution in [3.05, 3.63) is 23.3 Å². The van der Waals surface area contributed by atoms with E-state index in [9.17, 15) is 0 Å². The molecule has 16 heavy (non-hydrogen) atoms. The van der Waals surface area contributed by atoms with Gasteiger partial charge in [-0.2, -0.15) is 5.26 Å². The summed E-state index contributed by atoms with van der Waals surface area (Å²) in [5.41, 5.74) is 3.39. The van der Waals surface area contributed by atoms with Crippen LogP contribution in [0.25, 0.3) is 0 Å². The normalized spacial score (nSPS) is 23.3. The molecule has 2 rings (SSSR count). The number of nitrogens with zero attached hydrogens (tertiary/aromatic N) is 2. The van der Waals surface area contributed by atoms with Crippen molar-refractivity contribution in [3.8, 4) is 11.8 Å². The molecule has 1 aromatic rings. The number of hydrogen-bond acceptors (Lipinski definition) is 3. The van der Waals surface area contributed by atoms with Gasteiger partial charge < -0.3 is 9.64 Å². The van der Waals surface area contributed by atoms with Gasteiger partial charge in [0.25, 0.3) is 0 Å². The molecule has 0 aromatic heterocycles. The Balaban J connectivity index is 2.55. The minimum absolute atomic E-state index is 0.0821. The number of benzene rings is 1. The molecule has 0 radical (unpaired) electrons. The molecule has 0 N–H and O–H groups in total. The van der Waals surface area contributed by atoms with E-state index in [1.54, 1.807) is 0 Å². The molecule has 1 aliphatic heterocycles. The first-order chi connectivity index (χ1) is 7.54. The first kappa shape index (κ1) is 10.8. The second kappa shape index (κ2) is 3.71. The van der Waals surface area contributed by atoms with E-state index in [2.05, 4.69) is 30.0 Å². The molecule has 3 heteroatoms. The van der Waals surface area contributed by atoms with Crippen LogP contribution in [-0.4, -0.2) is 19.2 Å². The molecule has 1 aromatic carbocycles. The summed E-state index contributed by atoms with van der Waals surface area (Å²) in [6.07, 6.45) is -0.390. The maximum absolute atomic E-state index is 9.05.